The summed E-state index contributed by atoms with van der Waals surface area (Å²) in [5.41, 5.74) is 0.470. The van der Waals surface area contributed by atoms with Crippen LogP contribution in [0.15, 0.2) is 41.3 Å². The summed E-state index contributed by atoms with van der Waals surface area (Å²) >= 11 is 11.9. The highest BCUT2D eigenvalue weighted by molar-refractivity contribution is 7.89. The lowest BCUT2D eigenvalue weighted by molar-refractivity contribution is -0.120. The quantitative estimate of drug-likeness (QED) is 0.685. The highest BCUT2D eigenvalue weighted by Crippen LogP contribution is 2.32. The Morgan fingerprint density at radius 3 is 2.37 bits per heavy atom. The molecule has 2 aromatic carbocycles. The van der Waals surface area contributed by atoms with Crippen LogP contribution < -0.4 is 14.8 Å². The molecule has 1 heterocycles. The summed E-state index contributed by atoms with van der Waals surface area (Å²) in [4.78, 5) is 12.8. The second-order valence-electron chi connectivity index (χ2n) is 6.87. The largest absolute Gasteiger partial charge is 0.493 e. The lowest BCUT2D eigenvalue weighted by atomic mass is 9.99. The van der Waals surface area contributed by atoms with E-state index in [0.717, 1.165) is 0 Å². The summed E-state index contributed by atoms with van der Waals surface area (Å²) in [6.07, 6.45) is 1.15. The fourth-order valence-electron chi connectivity index (χ4n) is 3.37. The number of halogens is 2. The van der Waals surface area contributed by atoms with E-state index in [1.807, 2.05) is 0 Å². The topological polar surface area (TPSA) is 84.9 Å². The van der Waals surface area contributed by atoms with Gasteiger partial charge in [0.2, 0.25) is 15.9 Å². The number of carbonyl (C=O) groups excluding carboxylic acids is 1. The molecule has 1 N–H and O–H groups in total. The van der Waals surface area contributed by atoms with Crippen molar-refractivity contribution in [1.82, 2.24) is 4.31 Å². The number of amides is 1. The van der Waals surface area contributed by atoms with E-state index >= 15 is 0 Å². The van der Waals surface area contributed by atoms with Crippen molar-refractivity contribution in [3.05, 3.63) is 46.4 Å². The van der Waals surface area contributed by atoms with E-state index in [0.29, 0.717) is 46.6 Å². The minimum atomic E-state index is -3.80. The molecule has 1 aliphatic heterocycles. The third kappa shape index (κ3) is 5.00. The molecule has 1 fully saturated rings. The van der Waals surface area contributed by atoms with Crippen LogP contribution in [-0.2, 0) is 14.8 Å². The first-order valence-corrected chi connectivity index (χ1v) is 11.4. The van der Waals surface area contributed by atoms with Crippen LogP contribution in [0, 0.1) is 5.92 Å². The molecule has 0 spiro atoms. The summed E-state index contributed by atoms with van der Waals surface area (Å²) in [6.45, 7) is 0.417. The van der Waals surface area contributed by atoms with Crippen LogP contribution in [0.4, 0.5) is 5.69 Å². The molecule has 0 aliphatic carbocycles. The van der Waals surface area contributed by atoms with Gasteiger partial charge in [-0.15, -0.1) is 0 Å². The van der Waals surface area contributed by atoms with Gasteiger partial charge < -0.3 is 14.8 Å². The number of anilines is 1. The maximum atomic E-state index is 13.1. The SMILES string of the molecule is COc1ccc(S(=O)(=O)N2CCC[C@@H](C(=O)Nc3cc(Cl)cc(Cl)c3)C2)cc1OC. The van der Waals surface area contributed by atoms with Gasteiger partial charge in [-0.25, -0.2) is 8.42 Å². The Balaban J connectivity index is 1.77. The van der Waals surface area contributed by atoms with Crippen LogP contribution in [0.1, 0.15) is 12.8 Å². The molecule has 0 saturated carbocycles. The average Bonchev–Trinajstić information content (AvgIpc) is 2.72. The molecule has 10 heteroatoms. The van der Waals surface area contributed by atoms with Crippen LogP contribution in [0.5, 0.6) is 11.5 Å². The van der Waals surface area contributed by atoms with Gasteiger partial charge in [-0.05, 0) is 43.2 Å². The monoisotopic (exact) mass is 472 g/mol. The lowest BCUT2D eigenvalue weighted by Crippen LogP contribution is -2.43. The maximum absolute atomic E-state index is 13.1. The molecule has 0 aromatic heterocycles. The Morgan fingerprint density at radius 1 is 1.07 bits per heavy atom. The number of methoxy groups -OCH3 is 2. The number of sulfonamides is 1. The van der Waals surface area contributed by atoms with Crippen molar-refractivity contribution in [3.63, 3.8) is 0 Å². The highest BCUT2D eigenvalue weighted by Gasteiger charge is 2.34. The number of hydrogen-bond donors (Lipinski definition) is 1. The molecule has 162 valence electrons. The first kappa shape index (κ1) is 22.7. The Morgan fingerprint density at radius 2 is 1.73 bits per heavy atom. The first-order valence-electron chi connectivity index (χ1n) is 9.23. The van der Waals surface area contributed by atoms with Gasteiger partial charge in [0.25, 0.3) is 0 Å². The Labute approximate surface area is 185 Å². The predicted molar refractivity (Wildman–Crippen MR) is 116 cm³/mol. The van der Waals surface area contributed by atoms with Crippen molar-refractivity contribution < 1.29 is 22.7 Å². The number of nitrogens with zero attached hydrogens (tertiary/aromatic N) is 1. The number of rotatable bonds is 6. The zero-order valence-electron chi connectivity index (χ0n) is 16.5. The van der Waals surface area contributed by atoms with E-state index in [-0.39, 0.29) is 17.3 Å². The number of carbonyl (C=O) groups is 1. The molecular weight excluding hydrogens is 451 g/mol. The van der Waals surface area contributed by atoms with E-state index in [2.05, 4.69) is 5.32 Å². The standard InChI is InChI=1S/C20H22Cl2N2O5S/c1-28-18-6-5-17(11-19(18)29-2)30(26,27)24-7-3-4-13(12-24)20(25)23-16-9-14(21)8-15(22)10-16/h5-6,8-11,13H,3-4,7,12H2,1-2H3,(H,23,25)/t13-/m1/s1. The number of piperidine rings is 1. The van der Waals surface area contributed by atoms with Gasteiger partial charge in [-0.1, -0.05) is 23.2 Å². The summed E-state index contributed by atoms with van der Waals surface area (Å²) < 4.78 is 38.0. The van der Waals surface area contributed by atoms with Gasteiger partial charge in [-0.2, -0.15) is 4.31 Å². The summed E-state index contributed by atoms with van der Waals surface area (Å²) in [5.74, 6) is -0.0118. The average molecular weight is 473 g/mol. The van der Waals surface area contributed by atoms with Crippen LogP contribution in [-0.4, -0.2) is 45.9 Å². The van der Waals surface area contributed by atoms with Crippen molar-refractivity contribution in [3.8, 4) is 11.5 Å². The summed E-state index contributed by atoms with van der Waals surface area (Å²) in [5, 5.41) is 3.58. The fraction of sp³-hybridized carbons (Fsp3) is 0.350. The molecule has 1 atom stereocenters. The second kappa shape index (κ2) is 9.43. The van der Waals surface area contributed by atoms with Gasteiger partial charge in [-0.3, -0.25) is 4.79 Å². The molecule has 2 aromatic rings. The van der Waals surface area contributed by atoms with E-state index in [9.17, 15) is 13.2 Å². The van der Waals surface area contributed by atoms with Gasteiger partial charge in [0, 0.05) is 34.9 Å². The maximum Gasteiger partial charge on any atom is 0.243 e. The molecule has 30 heavy (non-hydrogen) atoms. The van der Waals surface area contributed by atoms with Gasteiger partial charge in [0.15, 0.2) is 11.5 Å². The van der Waals surface area contributed by atoms with E-state index in [1.54, 1.807) is 24.3 Å². The first-order chi connectivity index (χ1) is 14.2. The smallest absolute Gasteiger partial charge is 0.243 e. The predicted octanol–water partition coefficient (Wildman–Crippen LogP) is 4.05. The molecule has 7 nitrogen and oxygen atoms in total. The van der Waals surface area contributed by atoms with E-state index in [4.69, 9.17) is 32.7 Å². The van der Waals surface area contributed by atoms with Crippen molar-refractivity contribution in [2.24, 2.45) is 5.92 Å². The number of hydrogen-bond acceptors (Lipinski definition) is 5. The molecule has 1 saturated heterocycles. The molecule has 0 bridgehead atoms. The minimum absolute atomic E-state index is 0.0802. The molecule has 0 radical (unpaired) electrons. The Kier molecular flexibility index (Phi) is 7.13. The van der Waals surface area contributed by atoms with E-state index in [1.165, 1.54) is 30.7 Å². The molecular formula is C20H22Cl2N2O5S. The molecule has 3 rings (SSSR count). The van der Waals surface area contributed by atoms with Crippen molar-refractivity contribution >= 4 is 44.8 Å². The Hall–Kier alpha value is -2.00. The van der Waals surface area contributed by atoms with Crippen molar-refractivity contribution in [2.45, 2.75) is 17.7 Å². The van der Waals surface area contributed by atoms with Crippen LogP contribution in [0.3, 0.4) is 0 Å². The van der Waals surface area contributed by atoms with Gasteiger partial charge >= 0.3 is 0 Å². The number of nitrogens with one attached hydrogen (secondary N) is 1. The zero-order valence-corrected chi connectivity index (χ0v) is 18.9. The van der Waals surface area contributed by atoms with E-state index < -0.39 is 15.9 Å². The summed E-state index contributed by atoms with van der Waals surface area (Å²) in [7, 11) is -0.876. The van der Waals surface area contributed by atoms with Gasteiger partial charge in [0.05, 0.1) is 25.0 Å². The summed E-state index contributed by atoms with van der Waals surface area (Å²) in [6, 6.07) is 9.18. The third-order valence-electron chi connectivity index (χ3n) is 4.88. The molecule has 1 amide bonds. The second-order valence-corrected chi connectivity index (χ2v) is 9.68. The fourth-order valence-corrected chi connectivity index (χ4v) is 5.44. The third-order valence-corrected chi connectivity index (χ3v) is 7.18. The van der Waals surface area contributed by atoms with Crippen LogP contribution in [0.25, 0.3) is 0 Å². The van der Waals surface area contributed by atoms with Crippen molar-refractivity contribution in [2.75, 3.05) is 32.6 Å². The number of benzene rings is 2. The minimum Gasteiger partial charge on any atom is -0.493 e. The zero-order chi connectivity index (χ0) is 21.9. The highest BCUT2D eigenvalue weighted by atomic mass is 35.5. The Bertz CT molecular complexity index is 1030. The number of ether oxygens (including phenoxy) is 2. The van der Waals surface area contributed by atoms with Crippen LogP contribution >= 0.6 is 23.2 Å². The normalized spacial score (nSPS) is 17.4. The molecule has 1 aliphatic rings. The van der Waals surface area contributed by atoms with Crippen molar-refractivity contribution in [1.29, 1.82) is 0 Å². The lowest BCUT2D eigenvalue weighted by Gasteiger charge is -2.31. The molecule has 0 unspecified atom stereocenters. The van der Waals surface area contributed by atoms with Crippen LogP contribution in [0.2, 0.25) is 10.0 Å². The van der Waals surface area contributed by atoms with Gasteiger partial charge in [0.1, 0.15) is 0 Å².